The third-order valence-electron chi connectivity index (χ3n) is 9.25. The van der Waals surface area contributed by atoms with Crippen molar-refractivity contribution in [2.75, 3.05) is 11.5 Å². The topological polar surface area (TPSA) is 87.6 Å². The third kappa shape index (κ3) is 9.15. The number of nitrogens with two attached hydrogens (primary N) is 2. The second kappa shape index (κ2) is 14.5. The van der Waals surface area contributed by atoms with E-state index in [0.717, 1.165) is 65.0 Å². The number of carbonyl (C=O) groups excluding carboxylic acids is 1. The van der Waals surface area contributed by atoms with E-state index in [0.29, 0.717) is 22.7 Å². The van der Waals surface area contributed by atoms with Crippen molar-refractivity contribution in [3.05, 3.63) is 46.0 Å². The number of carbonyl (C=O) groups is 1. The quantitative estimate of drug-likeness (QED) is 0.135. The smallest absolute Gasteiger partial charge is 0.343 e. The molecular weight excluding hydrogens is 508 g/mol. The number of hydrogen-bond donors (Lipinski definition) is 2. The van der Waals surface area contributed by atoms with Crippen molar-refractivity contribution in [2.45, 2.75) is 132 Å². The van der Waals surface area contributed by atoms with E-state index in [1.54, 1.807) is 18.2 Å². The number of ether oxygens (including phenoxy) is 2. The zero-order valence-electron chi connectivity index (χ0n) is 27.1. The predicted octanol–water partition coefficient (Wildman–Crippen LogP) is 9.52. The van der Waals surface area contributed by atoms with Crippen molar-refractivity contribution >= 4 is 17.3 Å². The molecule has 3 rings (SSSR count). The van der Waals surface area contributed by atoms with Crippen molar-refractivity contribution in [3.63, 3.8) is 0 Å². The summed E-state index contributed by atoms with van der Waals surface area (Å²) in [4.78, 5) is 13.0. The van der Waals surface area contributed by atoms with Crippen LogP contribution < -0.4 is 20.9 Å². The number of anilines is 2. The molecule has 0 spiro atoms. The van der Waals surface area contributed by atoms with Crippen LogP contribution in [0.1, 0.15) is 131 Å². The summed E-state index contributed by atoms with van der Waals surface area (Å²) in [6.45, 7) is 17.9. The SMILES string of the molecule is Cc1c(C)c2c(c(C)c1OC(=O)c1cc(N)cc(N)c1)CCC(C)(CCCC(C)CCCC(C)CCCC(C)C)O2. The molecule has 41 heavy (non-hydrogen) atoms. The third-order valence-corrected chi connectivity index (χ3v) is 9.25. The standard InChI is InChI=1S/C36H56N2O3/c1-23(2)12-9-13-24(3)14-10-15-25(4)16-11-18-36(8)19-17-32-28(7)33(26(5)27(6)34(32)41-36)40-35(39)29-20-30(37)22-31(38)21-29/h20-25H,9-19,37-38H2,1-8H3. The summed E-state index contributed by atoms with van der Waals surface area (Å²) in [5, 5.41) is 0. The maximum Gasteiger partial charge on any atom is 0.343 e. The van der Waals surface area contributed by atoms with Gasteiger partial charge in [-0.05, 0) is 106 Å². The highest BCUT2D eigenvalue weighted by molar-refractivity contribution is 5.93. The molecule has 5 heteroatoms. The highest BCUT2D eigenvalue weighted by Gasteiger charge is 2.35. The molecule has 2 aromatic rings. The minimum Gasteiger partial charge on any atom is -0.487 e. The van der Waals surface area contributed by atoms with Crippen LogP contribution in [0.3, 0.4) is 0 Å². The normalized spacial score (nSPS) is 18.1. The van der Waals surface area contributed by atoms with Crippen LogP contribution in [0.2, 0.25) is 0 Å². The second-order valence-corrected chi connectivity index (χ2v) is 13.7. The highest BCUT2D eigenvalue weighted by atomic mass is 16.5. The molecule has 3 unspecified atom stereocenters. The Morgan fingerprint density at radius 3 is 2.00 bits per heavy atom. The molecule has 1 heterocycles. The van der Waals surface area contributed by atoms with E-state index in [2.05, 4.69) is 41.5 Å². The van der Waals surface area contributed by atoms with Gasteiger partial charge in [0.05, 0.1) is 5.56 Å². The summed E-state index contributed by atoms with van der Waals surface area (Å²) in [7, 11) is 0. The van der Waals surface area contributed by atoms with Crippen LogP contribution in [0.15, 0.2) is 18.2 Å². The number of fused-ring (bicyclic) bond motifs is 1. The summed E-state index contributed by atoms with van der Waals surface area (Å²) in [6.07, 6.45) is 13.5. The van der Waals surface area contributed by atoms with Crippen molar-refractivity contribution in [2.24, 2.45) is 17.8 Å². The Kier molecular flexibility index (Phi) is 11.6. The first-order valence-corrected chi connectivity index (χ1v) is 16.0. The molecule has 5 nitrogen and oxygen atoms in total. The zero-order chi connectivity index (χ0) is 30.3. The van der Waals surface area contributed by atoms with E-state index >= 15 is 0 Å². The maximum atomic E-state index is 13.0. The average Bonchev–Trinajstić information content (AvgIpc) is 2.89. The summed E-state index contributed by atoms with van der Waals surface area (Å²) >= 11 is 0. The summed E-state index contributed by atoms with van der Waals surface area (Å²) in [5.74, 6) is 3.57. The van der Waals surface area contributed by atoms with Gasteiger partial charge < -0.3 is 20.9 Å². The van der Waals surface area contributed by atoms with Gasteiger partial charge in [-0.2, -0.15) is 0 Å². The first-order chi connectivity index (χ1) is 19.3. The van der Waals surface area contributed by atoms with E-state index in [-0.39, 0.29) is 5.60 Å². The number of rotatable bonds is 14. The van der Waals surface area contributed by atoms with Crippen LogP contribution >= 0.6 is 0 Å². The second-order valence-electron chi connectivity index (χ2n) is 13.7. The Labute approximate surface area is 249 Å². The largest absolute Gasteiger partial charge is 0.487 e. The van der Waals surface area contributed by atoms with Crippen LogP contribution in [-0.2, 0) is 6.42 Å². The molecule has 228 valence electrons. The fourth-order valence-electron chi connectivity index (χ4n) is 6.36. The fourth-order valence-corrected chi connectivity index (χ4v) is 6.36. The number of esters is 1. The molecule has 0 saturated heterocycles. The van der Waals surface area contributed by atoms with Gasteiger partial charge in [0.1, 0.15) is 17.1 Å². The molecule has 0 saturated carbocycles. The van der Waals surface area contributed by atoms with E-state index < -0.39 is 5.97 Å². The Bertz CT molecular complexity index is 1170. The number of hydrogen-bond acceptors (Lipinski definition) is 5. The predicted molar refractivity (Wildman–Crippen MR) is 173 cm³/mol. The Balaban J connectivity index is 1.55. The molecule has 0 radical (unpaired) electrons. The lowest BCUT2D eigenvalue weighted by molar-refractivity contribution is 0.0508. The number of benzene rings is 2. The van der Waals surface area contributed by atoms with Gasteiger partial charge in [-0.15, -0.1) is 0 Å². The summed E-state index contributed by atoms with van der Waals surface area (Å²) in [5.41, 5.74) is 17.0. The highest BCUT2D eigenvalue weighted by Crippen LogP contribution is 2.45. The number of nitrogen functional groups attached to an aromatic ring is 2. The van der Waals surface area contributed by atoms with Crippen LogP contribution in [0, 0.1) is 38.5 Å². The first-order valence-electron chi connectivity index (χ1n) is 16.0. The minimum atomic E-state index is -0.453. The van der Waals surface area contributed by atoms with Crippen LogP contribution in [0.25, 0.3) is 0 Å². The van der Waals surface area contributed by atoms with Gasteiger partial charge in [0.2, 0.25) is 0 Å². The van der Waals surface area contributed by atoms with Gasteiger partial charge in [0, 0.05) is 16.9 Å². The lowest BCUT2D eigenvalue weighted by Crippen LogP contribution is -2.37. The van der Waals surface area contributed by atoms with Crippen LogP contribution in [0.5, 0.6) is 11.5 Å². The van der Waals surface area contributed by atoms with Crippen LogP contribution in [0.4, 0.5) is 11.4 Å². The lowest BCUT2D eigenvalue weighted by Gasteiger charge is -2.38. The molecule has 2 aromatic carbocycles. The van der Waals surface area contributed by atoms with Gasteiger partial charge in [-0.3, -0.25) is 0 Å². The van der Waals surface area contributed by atoms with Crippen molar-refractivity contribution in [1.29, 1.82) is 0 Å². The monoisotopic (exact) mass is 564 g/mol. The maximum absolute atomic E-state index is 13.0. The summed E-state index contributed by atoms with van der Waals surface area (Å²) < 4.78 is 12.7. The van der Waals surface area contributed by atoms with Crippen molar-refractivity contribution < 1.29 is 14.3 Å². The molecule has 0 aromatic heterocycles. The Morgan fingerprint density at radius 1 is 0.854 bits per heavy atom. The zero-order valence-corrected chi connectivity index (χ0v) is 27.1. The Morgan fingerprint density at radius 2 is 1.41 bits per heavy atom. The van der Waals surface area contributed by atoms with Gasteiger partial charge in [-0.1, -0.05) is 72.6 Å². The van der Waals surface area contributed by atoms with Gasteiger partial charge >= 0.3 is 5.97 Å². The fraction of sp³-hybridized carbons (Fsp3) is 0.639. The Hall–Kier alpha value is -2.69. The lowest BCUT2D eigenvalue weighted by atomic mass is 9.83. The molecule has 4 N–H and O–H groups in total. The molecule has 0 fully saturated rings. The molecule has 0 bridgehead atoms. The van der Waals surface area contributed by atoms with Gasteiger partial charge in [0.25, 0.3) is 0 Å². The molecule has 3 atom stereocenters. The van der Waals surface area contributed by atoms with Crippen molar-refractivity contribution in [3.8, 4) is 11.5 Å². The average molecular weight is 565 g/mol. The van der Waals surface area contributed by atoms with Crippen LogP contribution in [-0.4, -0.2) is 11.6 Å². The van der Waals surface area contributed by atoms with Crippen molar-refractivity contribution in [1.82, 2.24) is 0 Å². The summed E-state index contributed by atoms with van der Waals surface area (Å²) in [6, 6.07) is 4.82. The van der Waals surface area contributed by atoms with Gasteiger partial charge in [-0.25, -0.2) is 4.79 Å². The first kappa shape index (κ1) is 32.8. The van der Waals surface area contributed by atoms with E-state index in [4.69, 9.17) is 20.9 Å². The van der Waals surface area contributed by atoms with E-state index in [1.807, 2.05) is 13.8 Å². The molecular formula is C36H56N2O3. The minimum absolute atomic E-state index is 0.168. The molecule has 0 amide bonds. The van der Waals surface area contributed by atoms with E-state index in [1.165, 1.54) is 51.4 Å². The molecule has 1 aliphatic rings. The molecule has 0 aliphatic carbocycles. The van der Waals surface area contributed by atoms with E-state index in [9.17, 15) is 4.79 Å². The van der Waals surface area contributed by atoms with Gasteiger partial charge in [0.15, 0.2) is 0 Å². The molecule has 1 aliphatic heterocycles.